The van der Waals surface area contributed by atoms with Crippen LogP contribution < -0.4 is 10.6 Å². The van der Waals surface area contributed by atoms with Crippen molar-refractivity contribution < 1.29 is 23.9 Å². The number of carbonyl (C=O) groups excluding carboxylic acids is 3. The van der Waals surface area contributed by atoms with Gasteiger partial charge in [0.25, 0.3) is 0 Å². The van der Waals surface area contributed by atoms with E-state index in [9.17, 15) is 14.4 Å². The number of methoxy groups -OCH3 is 2. The zero-order chi connectivity index (χ0) is 18.2. The second-order valence-corrected chi connectivity index (χ2v) is 5.08. The first-order valence-corrected chi connectivity index (χ1v) is 7.44. The predicted octanol–water partition coefficient (Wildman–Crippen LogP) is 2.83. The quantitative estimate of drug-likeness (QED) is 0.815. The van der Waals surface area contributed by atoms with Crippen LogP contribution in [0.5, 0.6) is 0 Å². The second-order valence-electron chi connectivity index (χ2n) is 5.08. The van der Waals surface area contributed by atoms with Crippen molar-refractivity contribution in [3.8, 4) is 0 Å². The standard InChI is InChI=1S/C18H18N2O5/c1-24-17(22)14-11-13(8-9-15(14)20-18(23)25-2)19-16(21)10-12-6-4-3-5-7-12/h3-9,11H,10H2,1-2H3,(H,19,21)(H,20,23). The normalized spacial score (nSPS) is 9.84. The Morgan fingerprint density at radius 3 is 2.28 bits per heavy atom. The van der Waals surface area contributed by atoms with Crippen LogP contribution in [0.25, 0.3) is 0 Å². The Hall–Kier alpha value is -3.35. The zero-order valence-corrected chi connectivity index (χ0v) is 13.9. The first-order valence-electron chi connectivity index (χ1n) is 7.44. The molecule has 2 N–H and O–H groups in total. The molecule has 0 aliphatic heterocycles. The van der Waals surface area contributed by atoms with E-state index in [1.807, 2.05) is 30.3 Å². The van der Waals surface area contributed by atoms with Crippen molar-refractivity contribution in [1.82, 2.24) is 0 Å². The fourth-order valence-electron chi connectivity index (χ4n) is 2.16. The lowest BCUT2D eigenvalue weighted by atomic mass is 10.1. The third-order valence-electron chi connectivity index (χ3n) is 3.34. The van der Waals surface area contributed by atoms with Gasteiger partial charge in [0.2, 0.25) is 5.91 Å². The summed E-state index contributed by atoms with van der Waals surface area (Å²) in [5, 5.41) is 5.13. The molecular weight excluding hydrogens is 324 g/mol. The molecule has 7 heteroatoms. The number of amides is 2. The predicted molar refractivity (Wildman–Crippen MR) is 92.6 cm³/mol. The van der Waals surface area contributed by atoms with Crippen LogP contribution in [0, 0.1) is 0 Å². The van der Waals surface area contributed by atoms with E-state index in [1.165, 1.54) is 26.4 Å². The molecule has 0 aliphatic rings. The summed E-state index contributed by atoms with van der Waals surface area (Å²) in [6, 6.07) is 13.8. The highest BCUT2D eigenvalue weighted by atomic mass is 16.5. The molecule has 0 unspecified atom stereocenters. The van der Waals surface area contributed by atoms with Crippen molar-refractivity contribution >= 4 is 29.3 Å². The summed E-state index contributed by atoms with van der Waals surface area (Å²) < 4.78 is 9.22. The fraction of sp³-hybridized carbons (Fsp3) is 0.167. The number of esters is 1. The molecule has 0 aliphatic carbocycles. The lowest BCUT2D eigenvalue weighted by Gasteiger charge is -2.12. The number of carbonyl (C=O) groups is 3. The van der Waals surface area contributed by atoms with Crippen molar-refractivity contribution in [2.75, 3.05) is 24.9 Å². The van der Waals surface area contributed by atoms with Crippen LogP contribution >= 0.6 is 0 Å². The molecular formula is C18H18N2O5. The van der Waals surface area contributed by atoms with Crippen LogP contribution in [0.3, 0.4) is 0 Å². The average Bonchev–Trinajstić information content (AvgIpc) is 2.62. The van der Waals surface area contributed by atoms with Crippen LogP contribution in [0.15, 0.2) is 48.5 Å². The van der Waals surface area contributed by atoms with Gasteiger partial charge in [-0.1, -0.05) is 30.3 Å². The zero-order valence-electron chi connectivity index (χ0n) is 13.9. The van der Waals surface area contributed by atoms with E-state index >= 15 is 0 Å². The maximum atomic E-state index is 12.1. The molecule has 0 aromatic heterocycles. The number of hydrogen-bond acceptors (Lipinski definition) is 5. The van der Waals surface area contributed by atoms with Gasteiger partial charge in [-0.05, 0) is 23.8 Å². The molecule has 0 spiro atoms. The summed E-state index contributed by atoms with van der Waals surface area (Å²) in [4.78, 5) is 35.4. The van der Waals surface area contributed by atoms with Crippen molar-refractivity contribution in [1.29, 1.82) is 0 Å². The highest BCUT2D eigenvalue weighted by Gasteiger charge is 2.16. The van der Waals surface area contributed by atoms with Gasteiger partial charge >= 0.3 is 12.1 Å². The molecule has 7 nitrogen and oxygen atoms in total. The first kappa shape index (κ1) is 18.0. The number of nitrogens with one attached hydrogen (secondary N) is 2. The van der Waals surface area contributed by atoms with Crippen molar-refractivity contribution in [3.05, 3.63) is 59.7 Å². The number of hydrogen-bond donors (Lipinski definition) is 2. The van der Waals surface area contributed by atoms with Gasteiger partial charge in [-0.2, -0.15) is 0 Å². The molecule has 0 saturated carbocycles. The first-order chi connectivity index (χ1) is 12.0. The molecule has 0 atom stereocenters. The highest BCUT2D eigenvalue weighted by Crippen LogP contribution is 2.22. The summed E-state index contributed by atoms with van der Waals surface area (Å²) in [7, 11) is 2.44. The van der Waals surface area contributed by atoms with E-state index in [-0.39, 0.29) is 23.6 Å². The van der Waals surface area contributed by atoms with Gasteiger partial charge in [-0.15, -0.1) is 0 Å². The SMILES string of the molecule is COC(=O)Nc1ccc(NC(=O)Cc2ccccc2)cc1C(=O)OC. The van der Waals surface area contributed by atoms with Crippen molar-refractivity contribution in [2.24, 2.45) is 0 Å². The molecule has 0 bridgehead atoms. The van der Waals surface area contributed by atoms with Gasteiger partial charge in [0.15, 0.2) is 0 Å². The van der Waals surface area contributed by atoms with E-state index in [4.69, 9.17) is 4.74 Å². The van der Waals surface area contributed by atoms with Crippen LogP contribution in [0.2, 0.25) is 0 Å². The van der Waals surface area contributed by atoms with Gasteiger partial charge in [-0.3, -0.25) is 10.1 Å². The number of anilines is 2. The largest absolute Gasteiger partial charge is 0.465 e. The summed E-state index contributed by atoms with van der Waals surface area (Å²) in [6.45, 7) is 0. The Bertz CT molecular complexity index is 774. The van der Waals surface area contributed by atoms with Gasteiger partial charge in [0, 0.05) is 5.69 Å². The minimum atomic E-state index is -0.717. The summed E-state index contributed by atoms with van der Waals surface area (Å²) in [6.07, 6.45) is -0.512. The Morgan fingerprint density at radius 1 is 0.920 bits per heavy atom. The van der Waals surface area contributed by atoms with Crippen LogP contribution in [-0.2, 0) is 20.7 Å². The molecule has 2 aromatic carbocycles. The Kier molecular flexibility index (Phi) is 6.11. The number of ether oxygens (including phenoxy) is 2. The van der Waals surface area contributed by atoms with Crippen LogP contribution in [-0.4, -0.2) is 32.2 Å². The molecule has 0 heterocycles. The average molecular weight is 342 g/mol. The molecule has 2 aromatic rings. The minimum Gasteiger partial charge on any atom is -0.465 e. The highest BCUT2D eigenvalue weighted by molar-refractivity contribution is 6.02. The van der Waals surface area contributed by atoms with Gasteiger partial charge in [0.1, 0.15) is 0 Å². The number of rotatable bonds is 5. The Balaban J connectivity index is 2.16. The summed E-state index contributed by atoms with van der Waals surface area (Å²) >= 11 is 0. The second kappa shape index (κ2) is 8.49. The summed E-state index contributed by atoms with van der Waals surface area (Å²) in [5.74, 6) is -0.874. The van der Waals surface area contributed by atoms with Crippen LogP contribution in [0.1, 0.15) is 15.9 Å². The lowest BCUT2D eigenvalue weighted by molar-refractivity contribution is -0.115. The van der Waals surface area contributed by atoms with E-state index in [1.54, 1.807) is 6.07 Å². The Morgan fingerprint density at radius 2 is 1.64 bits per heavy atom. The smallest absolute Gasteiger partial charge is 0.411 e. The molecule has 0 fully saturated rings. The Labute approximate surface area is 144 Å². The fourth-order valence-corrected chi connectivity index (χ4v) is 2.16. The minimum absolute atomic E-state index is 0.102. The molecule has 2 rings (SSSR count). The van der Waals surface area contributed by atoms with E-state index in [0.29, 0.717) is 5.69 Å². The third-order valence-corrected chi connectivity index (χ3v) is 3.34. The lowest BCUT2D eigenvalue weighted by Crippen LogP contribution is -2.17. The maximum absolute atomic E-state index is 12.1. The topological polar surface area (TPSA) is 93.7 Å². The van der Waals surface area contributed by atoms with Crippen molar-refractivity contribution in [3.63, 3.8) is 0 Å². The monoisotopic (exact) mass is 342 g/mol. The van der Waals surface area contributed by atoms with Crippen LogP contribution in [0.4, 0.5) is 16.2 Å². The summed E-state index contributed by atoms with van der Waals surface area (Å²) in [5.41, 5.74) is 1.61. The van der Waals surface area contributed by atoms with E-state index in [0.717, 1.165) is 5.56 Å². The van der Waals surface area contributed by atoms with Gasteiger partial charge in [0.05, 0.1) is 31.9 Å². The molecule has 130 valence electrons. The molecule has 0 radical (unpaired) electrons. The molecule has 25 heavy (non-hydrogen) atoms. The van der Waals surface area contributed by atoms with Gasteiger partial charge in [-0.25, -0.2) is 9.59 Å². The third kappa shape index (κ3) is 5.07. The van der Waals surface area contributed by atoms with Gasteiger partial charge < -0.3 is 14.8 Å². The number of benzene rings is 2. The van der Waals surface area contributed by atoms with E-state index in [2.05, 4.69) is 15.4 Å². The molecule has 0 saturated heterocycles. The molecule has 2 amide bonds. The van der Waals surface area contributed by atoms with Crippen molar-refractivity contribution in [2.45, 2.75) is 6.42 Å². The maximum Gasteiger partial charge on any atom is 0.411 e. The van der Waals surface area contributed by atoms with E-state index < -0.39 is 12.1 Å².